The molecule has 0 aliphatic heterocycles. The van der Waals surface area contributed by atoms with Gasteiger partial charge in [-0.1, -0.05) is 109 Å². The van der Waals surface area contributed by atoms with Gasteiger partial charge in [0.2, 0.25) is 0 Å². The van der Waals surface area contributed by atoms with E-state index in [1.807, 2.05) is 0 Å². The first kappa shape index (κ1) is 45.8. The fraction of sp³-hybridized carbons (Fsp3) is 0.825. The summed E-state index contributed by atoms with van der Waals surface area (Å²) in [6.45, 7) is 4.57. The minimum Gasteiger partial charge on any atom is -0.544 e. The average Bonchev–Trinajstić information content (AvgIpc) is 3.03. The predicted molar refractivity (Wildman–Crippen MR) is 194 cm³/mol. The standard InChI is InChI=1S/C40H73NO7/c1-6-8-10-12-14-16-17-18-19-20-21-23-24-26-28-30-38(42)47-35-36(34-46-33-32-37(40(44)45)41(3,4)5)48-39(43)31-29-27-25-22-15-13-11-9-7-2/h16-17,22,25,36-37H,6-15,18-21,23-24,26-35H2,1-5H3/b17-16+,25-22+. The number of esters is 2. The Labute approximate surface area is 294 Å². The molecule has 2 unspecified atom stereocenters. The summed E-state index contributed by atoms with van der Waals surface area (Å²) in [7, 11) is 5.38. The van der Waals surface area contributed by atoms with Crippen LogP contribution >= 0.6 is 0 Å². The number of allylic oxidation sites excluding steroid dienone is 4. The van der Waals surface area contributed by atoms with Gasteiger partial charge >= 0.3 is 11.9 Å². The highest BCUT2D eigenvalue weighted by atomic mass is 16.6. The van der Waals surface area contributed by atoms with E-state index in [1.165, 1.54) is 89.9 Å². The van der Waals surface area contributed by atoms with Crippen LogP contribution in [-0.4, -0.2) is 75.5 Å². The van der Waals surface area contributed by atoms with Crippen molar-refractivity contribution in [3.8, 4) is 0 Å². The Morgan fingerprint density at radius 3 is 1.56 bits per heavy atom. The van der Waals surface area contributed by atoms with Crippen molar-refractivity contribution in [1.29, 1.82) is 0 Å². The summed E-state index contributed by atoms with van der Waals surface area (Å²) < 4.78 is 17.0. The van der Waals surface area contributed by atoms with Crippen LogP contribution in [0.1, 0.15) is 162 Å². The van der Waals surface area contributed by atoms with Crippen molar-refractivity contribution in [3.63, 3.8) is 0 Å². The van der Waals surface area contributed by atoms with Gasteiger partial charge in [0.25, 0.3) is 0 Å². The third-order valence-corrected chi connectivity index (χ3v) is 8.56. The Balaban J connectivity index is 4.39. The zero-order valence-electron chi connectivity index (χ0n) is 31.7. The number of rotatable bonds is 34. The number of ether oxygens (including phenoxy) is 3. The van der Waals surface area contributed by atoms with E-state index < -0.39 is 18.1 Å². The summed E-state index contributed by atoms with van der Waals surface area (Å²) in [5, 5.41) is 11.6. The van der Waals surface area contributed by atoms with E-state index in [4.69, 9.17) is 14.2 Å². The number of carbonyl (C=O) groups excluding carboxylic acids is 3. The summed E-state index contributed by atoms with van der Waals surface area (Å²) in [6, 6.07) is -0.726. The molecule has 0 fully saturated rings. The molecule has 8 nitrogen and oxygen atoms in total. The smallest absolute Gasteiger partial charge is 0.306 e. The van der Waals surface area contributed by atoms with Crippen molar-refractivity contribution in [2.75, 3.05) is 41.0 Å². The molecule has 0 aromatic carbocycles. The number of hydrogen-bond acceptors (Lipinski definition) is 7. The molecule has 0 saturated carbocycles. The lowest BCUT2D eigenvalue weighted by molar-refractivity contribution is -0.889. The van der Waals surface area contributed by atoms with Crippen molar-refractivity contribution in [2.24, 2.45) is 0 Å². The second kappa shape index (κ2) is 32.0. The van der Waals surface area contributed by atoms with E-state index >= 15 is 0 Å². The minimum absolute atomic E-state index is 0.0301. The SMILES string of the molecule is CCCCCC/C=C/CCCCCCCCCC(=O)OCC(COCCC(C(=O)[O-])[N+](C)(C)C)OC(=O)CCC/C=C/CCCCCC. The summed E-state index contributed by atoms with van der Waals surface area (Å²) >= 11 is 0. The van der Waals surface area contributed by atoms with E-state index in [9.17, 15) is 19.5 Å². The van der Waals surface area contributed by atoms with Crippen molar-refractivity contribution >= 4 is 17.9 Å². The van der Waals surface area contributed by atoms with Gasteiger partial charge in [0, 0.05) is 19.3 Å². The normalized spacial score (nSPS) is 13.3. The highest BCUT2D eigenvalue weighted by molar-refractivity contribution is 5.70. The van der Waals surface area contributed by atoms with Crippen LogP contribution in [-0.2, 0) is 28.6 Å². The van der Waals surface area contributed by atoms with Crippen molar-refractivity contribution in [1.82, 2.24) is 0 Å². The van der Waals surface area contributed by atoms with Crippen molar-refractivity contribution < 1.29 is 38.2 Å². The van der Waals surface area contributed by atoms with Gasteiger partial charge in [0.05, 0.1) is 40.3 Å². The zero-order chi connectivity index (χ0) is 35.7. The van der Waals surface area contributed by atoms with E-state index in [0.29, 0.717) is 12.8 Å². The van der Waals surface area contributed by atoms with Crippen LogP contribution < -0.4 is 5.11 Å². The Morgan fingerprint density at radius 1 is 0.604 bits per heavy atom. The molecule has 2 atom stereocenters. The third-order valence-electron chi connectivity index (χ3n) is 8.56. The third kappa shape index (κ3) is 29.9. The van der Waals surface area contributed by atoms with Gasteiger partial charge < -0.3 is 28.6 Å². The summed E-state index contributed by atoms with van der Waals surface area (Å²) in [6.07, 6.45) is 32.1. The van der Waals surface area contributed by atoms with Crippen molar-refractivity contribution in [3.05, 3.63) is 24.3 Å². The fourth-order valence-corrected chi connectivity index (χ4v) is 5.48. The van der Waals surface area contributed by atoms with E-state index in [2.05, 4.69) is 38.2 Å². The number of nitrogens with zero attached hydrogens (tertiary/aromatic N) is 1. The van der Waals surface area contributed by atoms with Crippen LogP contribution in [0.15, 0.2) is 24.3 Å². The van der Waals surface area contributed by atoms with Gasteiger partial charge in [-0.05, 0) is 57.8 Å². The number of aliphatic carboxylic acids is 1. The summed E-state index contributed by atoms with van der Waals surface area (Å²) in [4.78, 5) is 36.6. The van der Waals surface area contributed by atoms with Crippen LogP contribution in [0.25, 0.3) is 0 Å². The Kier molecular flexibility index (Phi) is 30.6. The van der Waals surface area contributed by atoms with Crippen LogP contribution in [0, 0.1) is 0 Å². The molecule has 48 heavy (non-hydrogen) atoms. The number of carboxylic acids is 1. The lowest BCUT2D eigenvalue weighted by Crippen LogP contribution is -2.55. The van der Waals surface area contributed by atoms with Crippen LogP contribution in [0.2, 0.25) is 0 Å². The maximum absolute atomic E-state index is 12.6. The van der Waals surface area contributed by atoms with Gasteiger partial charge in [-0.3, -0.25) is 9.59 Å². The molecule has 0 rings (SSSR count). The molecule has 8 heteroatoms. The monoisotopic (exact) mass is 680 g/mol. The van der Waals surface area contributed by atoms with Crippen LogP contribution in [0.5, 0.6) is 0 Å². The average molecular weight is 680 g/mol. The number of unbranched alkanes of at least 4 members (excludes halogenated alkanes) is 16. The zero-order valence-corrected chi connectivity index (χ0v) is 31.7. The predicted octanol–water partition coefficient (Wildman–Crippen LogP) is 8.41. The lowest BCUT2D eigenvalue weighted by atomic mass is 10.1. The lowest BCUT2D eigenvalue weighted by Gasteiger charge is -2.34. The minimum atomic E-state index is -1.13. The van der Waals surface area contributed by atoms with Gasteiger partial charge in [0.15, 0.2) is 6.10 Å². The molecule has 0 N–H and O–H groups in total. The van der Waals surface area contributed by atoms with Gasteiger partial charge in [0.1, 0.15) is 12.6 Å². The summed E-state index contributed by atoms with van der Waals surface area (Å²) in [5.41, 5.74) is 0. The molecular formula is C40H73NO7. The molecule has 0 aromatic rings. The van der Waals surface area contributed by atoms with Crippen molar-refractivity contribution in [2.45, 2.75) is 174 Å². The first-order valence-corrected chi connectivity index (χ1v) is 19.4. The Hall–Kier alpha value is -2.19. The Morgan fingerprint density at radius 2 is 1.06 bits per heavy atom. The van der Waals surface area contributed by atoms with E-state index in [1.54, 1.807) is 21.1 Å². The second-order valence-corrected chi connectivity index (χ2v) is 14.2. The molecule has 0 heterocycles. The second-order valence-electron chi connectivity index (χ2n) is 14.2. The Bertz CT molecular complexity index is 849. The van der Waals surface area contributed by atoms with E-state index in [0.717, 1.165) is 32.1 Å². The first-order valence-electron chi connectivity index (χ1n) is 19.4. The molecule has 0 radical (unpaired) electrons. The van der Waals surface area contributed by atoms with E-state index in [-0.39, 0.29) is 49.1 Å². The highest BCUT2D eigenvalue weighted by Crippen LogP contribution is 2.13. The molecule has 0 saturated heterocycles. The largest absolute Gasteiger partial charge is 0.544 e. The quantitative estimate of drug-likeness (QED) is 0.0291. The molecule has 0 aromatic heterocycles. The maximum atomic E-state index is 12.6. The molecule has 0 aliphatic rings. The fourth-order valence-electron chi connectivity index (χ4n) is 5.48. The first-order chi connectivity index (χ1) is 23.1. The molecule has 280 valence electrons. The highest BCUT2D eigenvalue weighted by Gasteiger charge is 2.25. The topological polar surface area (TPSA) is 102 Å². The molecule has 0 bridgehead atoms. The molecular weight excluding hydrogens is 606 g/mol. The maximum Gasteiger partial charge on any atom is 0.306 e. The van der Waals surface area contributed by atoms with Gasteiger partial charge in [-0.25, -0.2) is 0 Å². The number of carbonyl (C=O) groups is 3. The molecule has 0 spiro atoms. The summed E-state index contributed by atoms with van der Waals surface area (Å²) in [5.74, 6) is -1.79. The number of carboxylic acid groups (broad SMARTS) is 1. The number of quaternary nitrogens is 1. The molecule has 0 amide bonds. The van der Waals surface area contributed by atoms with Gasteiger partial charge in [-0.15, -0.1) is 0 Å². The number of hydrogen-bond donors (Lipinski definition) is 0. The number of likely N-dealkylation sites (N-methyl/N-ethyl adjacent to an activating group) is 1. The van der Waals surface area contributed by atoms with Gasteiger partial charge in [-0.2, -0.15) is 0 Å². The van der Waals surface area contributed by atoms with Crippen LogP contribution in [0.3, 0.4) is 0 Å². The van der Waals surface area contributed by atoms with Crippen LogP contribution in [0.4, 0.5) is 0 Å². The molecule has 0 aliphatic carbocycles.